The van der Waals surface area contributed by atoms with Crippen LogP contribution in [0.5, 0.6) is 5.75 Å². The van der Waals surface area contributed by atoms with Gasteiger partial charge in [-0.25, -0.2) is 13.6 Å². The summed E-state index contributed by atoms with van der Waals surface area (Å²) in [5.41, 5.74) is 1.68. The number of ether oxygens (including phenoxy) is 1. The number of esters is 1. The lowest BCUT2D eigenvalue weighted by molar-refractivity contribution is 0.0600. The molecule has 4 rings (SSSR count). The van der Waals surface area contributed by atoms with Crippen molar-refractivity contribution in [2.24, 2.45) is 0 Å². The number of hydrogen-bond donors (Lipinski definition) is 2. The van der Waals surface area contributed by atoms with Gasteiger partial charge in [0.2, 0.25) is 0 Å². The maximum Gasteiger partial charge on any atom is 0.337 e. The van der Waals surface area contributed by atoms with Gasteiger partial charge >= 0.3 is 5.97 Å². The number of nitrogens with one attached hydrogen (secondary N) is 1. The van der Waals surface area contributed by atoms with Crippen molar-refractivity contribution in [2.45, 2.75) is 6.54 Å². The predicted molar refractivity (Wildman–Crippen MR) is 131 cm³/mol. The molecule has 1 aromatic heterocycles. The zero-order chi connectivity index (χ0) is 26.0. The van der Waals surface area contributed by atoms with Gasteiger partial charge in [-0.15, -0.1) is 0 Å². The molecule has 11 heteroatoms. The summed E-state index contributed by atoms with van der Waals surface area (Å²) < 4.78 is 33.1. The van der Waals surface area contributed by atoms with Crippen LogP contribution >= 0.6 is 23.2 Å². The van der Waals surface area contributed by atoms with Gasteiger partial charge in [0.15, 0.2) is 11.6 Å². The molecular formula is C25H17Cl2F2N3O4. The van der Waals surface area contributed by atoms with E-state index in [1.54, 1.807) is 42.5 Å². The summed E-state index contributed by atoms with van der Waals surface area (Å²) in [5.74, 6) is -4.38. The number of aromatic hydroxyl groups is 1. The molecule has 0 aliphatic carbocycles. The molecule has 0 saturated heterocycles. The van der Waals surface area contributed by atoms with Crippen molar-refractivity contribution in [3.05, 3.63) is 99.2 Å². The minimum Gasteiger partial charge on any atom is -0.506 e. The Morgan fingerprint density at radius 3 is 2.28 bits per heavy atom. The molecule has 0 bridgehead atoms. The summed E-state index contributed by atoms with van der Waals surface area (Å²) in [7, 11) is 1.28. The van der Waals surface area contributed by atoms with Crippen molar-refractivity contribution in [3.8, 4) is 17.0 Å². The highest BCUT2D eigenvalue weighted by Gasteiger charge is 2.20. The molecule has 1 heterocycles. The Morgan fingerprint density at radius 2 is 1.64 bits per heavy atom. The van der Waals surface area contributed by atoms with Crippen LogP contribution in [-0.2, 0) is 11.3 Å². The van der Waals surface area contributed by atoms with Gasteiger partial charge in [0.1, 0.15) is 11.4 Å². The van der Waals surface area contributed by atoms with E-state index in [9.17, 15) is 23.5 Å². The number of amides is 1. The first-order chi connectivity index (χ1) is 17.1. The van der Waals surface area contributed by atoms with Crippen molar-refractivity contribution >= 4 is 40.8 Å². The SMILES string of the molecule is COC(=O)c1ccc(Cn2nc(-c3cc(Cl)cc(Cl)c3)cc2C(=O)Nc2cc(F)c(F)cc2O)cc1. The van der Waals surface area contributed by atoms with E-state index in [2.05, 4.69) is 10.4 Å². The van der Waals surface area contributed by atoms with E-state index in [0.29, 0.717) is 44.6 Å². The van der Waals surface area contributed by atoms with Crippen LogP contribution in [0, 0.1) is 11.6 Å². The van der Waals surface area contributed by atoms with Crippen LogP contribution < -0.4 is 5.32 Å². The van der Waals surface area contributed by atoms with E-state index in [1.807, 2.05) is 0 Å². The highest BCUT2D eigenvalue weighted by molar-refractivity contribution is 6.35. The molecule has 1 amide bonds. The number of halogens is 4. The fourth-order valence-electron chi connectivity index (χ4n) is 3.42. The Kier molecular flexibility index (Phi) is 7.23. The van der Waals surface area contributed by atoms with Crippen molar-refractivity contribution in [1.82, 2.24) is 9.78 Å². The first-order valence-corrected chi connectivity index (χ1v) is 11.1. The summed E-state index contributed by atoms with van der Waals surface area (Å²) in [5, 5.41) is 17.5. The van der Waals surface area contributed by atoms with Gasteiger partial charge in [0.25, 0.3) is 5.91 Å². The number of aromatic nitrogens is 2. The number of phenolic OH excluding ortho intramolecular Hbond substituents is 1. The number of benzene rings is 3. The molecule has 2 N–H and O–H groups in total. The molecule has 36 heavy (non-hydrogen) atoms. The highest BCUT2D eigenvalue weighted by atomic mass is 35.5. The molecule has 4 aromatic rings. The van der Waals surface area contributed by atoms with Crippen molar-refractivity contribution in [2.75, 3.05) is 12.4 Å². The predicted octanol–water partition coefficient (Wildman–Crippen LogP) is 5.93. The van der Waals surface area contributed by atoms with Crippen LogP contribution in [0.25, 0.3) is 11.3 Å². The number of carbonyl (C=O) groups excluding carboxylic acids is 2. The lowest BCUT2D eigenvalue weighted by atomic mass is 10.1. The Hall–Kier alpha value is -3.95. The van der Waals surface area contributed by atoms with Crippen LogP contribution in [0.1, 0.15) is 26.4 Å². The molecule has 7 nitrogen and oxygen atoms in total. The fourth-order valence-corrected chi connectivity index (χ4v) is 3.95. The monoisotopic (exact) mass is 531 g/mol. The summed E-state index contributed by atoms with van der Waals surface area (Å²) >= 11 is 12.2. The smallest absolute Gasteiger partial charge is 0.337 e. The number of hydrogen-bond acceptors (Lipinski definition) is 5. The topological polar surface area (TPSA) is 93.5 Å². The van der Waals surface area contributed by atoms with Crippen LogP contribution in [0.3, 0.4) is 0 Å². The van der Waals surface area contributed by atoms with Gasteiger partial charge in [-0.2, -0.15) is 5.10 Å². The maximum absolute atomic E-state index is 13.7. The Balaban J connectivity index is 1.72. The van der Waals surface area contributed by atoms with Crippen LogP contribution in [0.15, 0.2) is 60.7 Å². The van der Waals surface area contributed by atoms with Gasteiger partial charge in [-0.3, -0.25) is 9.48 Å². The van der Waals surface area contributed by atoms with Gasteiger partial charge in [-0.05, 0) is 42.0 Å². The standard InChI is InChI=1S/C25H17Cl2F2N3O4/c1-36-25(35)14-4-2-13(3-5-14)12-32-22(11-20(31-32)15-6-16(26)8-17(27)7-15)24(34)30-21-9-18(28)19(29)10-23(21)33/h2-11,33H,12H2,1H3,(H,30,34). The van der Waals surface area contributed by atoms with Crippen molar-refractivity contribution in [3.63, 3.8) is 0 Å². The summed E-state index contributed by atoms with van der Waals surface area (Å²) in [4.78, 5) is 24.8. The maximum atomic E-state index is 13.7. The minimum atomic E-state index is -1.26. The highest BCUT2D eigenvalue weighted by Crippen LogP contribution is 2.29. The van der Waals surface area contributed by atoms with E-state index < -0.39 is 29.3 Å². The van der Waals surface area contributed by atoms with Gasteiger partial charge < -0.3 is 15.2 Å². The third kappa shape index (κ3) is 5.48. The number of carbonyl (C=O) groups is 2. The lowest BCUT2D eigenvalue weighted by Gasteiger charge is -2.10. The van der Waals surface area contributed by atoms with E-state index in [1.165, 1.54) is 17.9 Å². The molecule has 0 atom stereocenters. The van der Waals surface area contributed by atoms with Gasteiger partial charge in [0.05, 0.1) is 30.6 Å². The largest absolute Gasteiger partial charge is 0.506 e. The number of anilines is 1. The van der Waals surface area contributed by atoms with E-state index in [0.717, 1.165) is 0 Å². The van der Waals surface area contributed by atoms with E-state index >= 15 is 0 Å². The first kappa shape index (κ1) is 25.2. The normalized spacial score (nSPS) is 10.8. The van der Waals surface area contributed by atoms with E-state index in [-0.39, 0.29) is 17.9 Å². The molecule has 0 radical (unpaired) electrons. The lowest BCUT2D eigenvalue weighted by Crippen LogP contribution is -2.18. The minimum absolute atomic E-state index is 0.0438. The molecule has 0 spiro atoms. The molecular weight excluding hydrogens is 515 g/mol. The number of methoxy groups -OCH3 is 1. The fraction of sp³-hybridized carbons (Fsp3) is 0.0800. The zero-order valence-corrected chi connectivity index (χ0v) is 20.1. The van der Waals surface area contributed by atoms with Gasteiger partial charge in [-0.1, -0.05) is 35.3 Å². The van der Waals surface area contributed by atoms with E-state index in [4.69, 9.17) is 27.9 Å². The number of rotatable bonds is 6. The average Bonchev–Trinajstić information content (AvgIpc) is 3.26. The molecule has 0 saturated carbocycles. The molecule has 0 aliphatic rings. The third-order valence-corrected chi connectivity index (χ3v) is 5.60. The number of nitrogens with zero attached hydrogens (tertiary/aromatic N) is 2. The van der Waals surface area contributed by atoms with Gasteiger partial charge in [0, 0.05) is 27.7 Å². The Labute approximate surface area is 213 Å². The Morgan fingerprint density at radius 1 is 1.00 bits per heavy atom. The number of phenols is 1. The Bertz CT molecular complexity index is 1450. The molecule has 0 aliphatic heterocycles. The van der Waals surface area contributed by atoms with Crippen molar-refractivity contribution in [1.29, 1.82) is 0 Å². The second-order valence-corrected chi connectivity index (χ2v) is 8.53. The molecule has 184 valence electrons. The quantitative estimate of drug-likeness (QED) is 0.237. The zero-order valence-electron chi connectivity index (χ0n) is 18.6. The third-order valence-electron chi connectivity index (χ3n) is 5.17. The summed E-state index contributed by atoms with van der Waals surface area (Å²) in [6, 6.07) is 14.0. The average molecular weight is 532 g/mol. The molecule has 3 aromatic carbocycles. The summed E-state index contributed by atoms with van der Waals surface area (Å²) in [6.07, 6.45) is 0. The first-order valence-electron chi connectivity index (χ1n) is 10.4. The molecule has 0 fully saturated rings. The van der Waals surface area contributed by atoms with Crippen molar-refractivity contribution < 1.29 is 28.2 Å². The second kappa shape index (κ2) is 10.3. The van der Waals surface area contributed by atoms with Crippen LogP contribution in [0.2, 0.25) is 10.0 Å². The van der Waals surface area contributed by atoms with Crippen LogP contribution in [0.4, 0.5) is 14.5 Å². The second-order valence-electron chi connectivity index (χ2n) is 7.66. The molecule has 0 unspecified atom stereocenters. The van der Waals surface area contributed by atoms with Crippen LogP contribution in [-0.4, -0.2) is 33.9 Å². The summed E-state index contributed by atoms with van der Waals surface area (Å²) in [6.45, 7) is 0.113.